The van der Waals surface area contributed by atoms with Gasteiger partial charge in [-0.25, -0.2) is 0 Å². The second-order valence-electron chi connectivity index (χ2n) is 5.32. The number of carboxylic acids is 1. The first kappa shape index (κ1) is 16.1. The molecule has 1 aromatic rings. The Bertz CT molecular complexity index is 525. The lowest BCUT2D eigenvalue weighted by Crippen LogP contribution is -2.48. The highest BCUT2D eigenvalue weighted by Crippen LogP contribution is 2.22. The van der Waals surface area contributed by atoms with Crippen molar-refractivity contribution < 1.29 is 19.4 Å². The summed E-state index contributed by atoms with van der Waals surface area (Å²) in [4.78, 5) is 26.5. The number of rotatable bonds is 6. The Morgan fingerprint density at radius 1 is 1.18 bits per heavy atom. The Hall–Kier alpha value is -2.24. The van der Waals surface area contributed by atoms with Crippen LogP contribution in [-0.4, -0.2) is 55.2 Å². The minimum absolute atomic E-state index is 0.0477. The molecule has 0 spiro atoms. The summed E-state index contributed by atoms with van der Waals surface area (Å²) >= 11 is 0. The largest absolute Gasteiger partial charge is 0.497 e. The predicted molar refractivity (Wildman–Crippen MR) is 83.3 cm³/mol. The van der Waals surface area contributed by atoms with Crippen molar-refractivity contribution in [2.24, 2.45) is 0 Å². The second-order valence-corrected chi connectivity index (χ2v) is 5.32. The molecule has 1 saturated heterocycles. The summed E-state index contributed by atoms with van der Waals surface area (Å²) in [5.41, 5.74) is 1.09. The van der Waals surface area contributed by atoms with E-state index in [-0.39, 0.29) is 12.3 Å². The van der Waals surface area contributed by atoms with Crippen molar-refractivity contribution in [3.63, 3.8) is 0 Å². The maximum atomic E-state index is 12.0. The maximum absolute atomic E-state index is 12.0. The lowest BCUT2D eigenvalue weighted by Gasteiger charge is -2.36. The van der Waals surface area contributed by atoms with E-state index in [1.54, 1.807) is 7.11 Å². The Kier molecular flexibility index (Phi) is 5.63. The van der Waals surface area contributed by atoms with Gasteiger partial charge in [0.15, 0.2) is 0 Å². The van der Waals surface area contributed by atoms with Crippen LogP contribution in [0.15, 0.2) is 24.3 Å². The monoisotopic (exact) mass is 306 g/mol. The highest BCUT2D eigenvalue weighted by molar-refractivity contribution is 5.77. The van der Waals surface area contributed by atoms with Crippen LogP contribution >= 0.6 is 0 Å². The number of aliphatic carboxylic acids is 1. The zero-order valence-corrected chi connectivity index (χ0v) is 12.8. The number of carbonyl (C=O) groups is 2. The number of hydrogen-bond donors (Lipinski definition) is 1. The molecule has 1 aliphatic rings. The van der Waals surface area contributed by atoms with Crippen molar-refractivity contribution in [3.05, 3.63) is 24.3 Å². The summed E-state index contributed by atoms with van der Waals surface area (Å²) in [6, 6.07) is 7.89. The quantitative estimate of drug-likeness (QED) is 0.864. The van der Waals surface area contributed by atoms with E-state index in [9.17, 15) is 9.59 Å². The van der Waals surface area contributed by atoms with Crippen molar-refractivity contribution in [3.8, 4) is 5.75 Å². The lowest BCUT2D eigenvalue weighted by atomic mass is 10.2. The number of methoxy groups -OCH3 is 1. The molecule has 1 N–H and O–H groups in total. The molecule has 120 valence electrons. The summed E-state index contributed by atoms with van der Waals surface area (Å²) in [7, 11) is 1.65. The molecular formula is C16H22N2O4. The topological polar surface area (TPSA) is 70.1 Å². The SMILES string of the molecule is COc1cccc(N2CCN(C(=O)CCCC(=O)O)CC2)c1. The van der Waals surface area contributed by atoms with Crippen LogP contribution in [-0.2, 0) is 9.59 Å². The van der Waals surface area contributed by atoms with E-state index in [4.69, 9.17) is 9.84 Å². The van der Waals surface area contributed by atoms with Gasteiger partial charge in [-0.1, -0.05) is 6.07 Å². The molecule has 0 atom stereocenters. The predicted octanol–water partition coefficient (Wildman–Crippen LogP) is 1.60. The number of carboxylic acid groups (broad SMARTS) is 1. The van der Waals surface area contributed by atoms with Gasteiger partial charge in [-0.2, -0.15) is 0 Å². The fourth-order valence-corrected chi connectivity index (χ4v) is 2.57. The molecule has 0 aromatic heterocycles. The Morgan fingerprint density at radius 2 is 1.91 bits per heavy atom. The summed E-state index contributed by atoms with van der Waals surface area (Å²) in [6.45, 7) is 2.89. The number of piperazine rings is 1. The lowest BCUT2D eigenvalue weighted by molar-refractivity contribution is -0.137. The highest BCUT2D eigenvalue weighted by atomic mass is 16.5. The number of anilines is 1. The van der Waals surface area contributed by atoms with E-state index in [1.165, 1.54) is 0 Å². The van der Waals surface area contributed by atoms with E-state index in [0.29, 0.717) is 25.9 Å². The summed E-state index contributed by atoms with van der Waals surface area (Å²) in [5.74, 6) is 0.0202. The molecule has 1 amide bonds. The molecule has 0 saturated carbocycles. The van der Waals surface area contributed by atoms with Crippen LogP contribution in [0.3, 0.4) is 0 Å². The zero-order chi connectivity index (χ0) is 15.9. The van der Waals surface area contributed by atoms with Gasteiger partial charge in [0.2, 0.25) is 5.91 Å². The molecule has 0 radical (unpaired) electrons. The summed E-state index contributed by atoms with van der Waals surface area (Å²) in [6.07, 6.45) is 0.769. The Morgan fingerprint density at radius 3 is 2.55 bits per heavy atom. The van der Waals surface area contributed by atoms with Gasteiger partial charge < -0.3 is 19.6 Å². The molecule has 22 heavy (non-hydrogen) atoms. The molecule has 0 aliphatic carbocycles. The minimum atomic E-state index is -0.851. The van der Waals surface area contributed by atoms with E-state index >= 15 is 0 Å². The standard InChI is InChI=1S/C16H22N2O4/c1-22-14-5-2-4-13(12-14)17-8-10-18(11-9-17)15(19)6-3-7-16(20)21/h2,4-5,12H,3,6-11H2,1H3,(H,20,21). The number of ether oxygens (including phenoxy) is 1. The van der Waals surface area contributed by atoms with E-state index in [2.05, 4.69) is 4.90 Å². The van der Waals surface area contributed by atoms with Crippen molar-refractivity contribution in [2.75, 3.05) is 38.2 Å². The summed E-state index contributed by atoms with van der Waals surface area (Å²) in [5, 5.41) is 8.60. The van der Waals surface area contributed by atoms with Gasteiger partial charge in [-0.15, -0.1) is 0 Å². The Balaban J connectivity index is 1.82. The molecule has 1 aromatic carbocycles. The smallest absolute Gasteiger partial charge is 0.303 e. The van der Waals surface area contributed by atoms with Gasteiger partial charge in [0, 0.05) is 50.8 Å². The van der Waals surface area contributed by atoms with Gasteiger partial charge in [-0.05, 0) is 18.6 Å². The molecule has 6 heteroatoms. The van der Waals surface area contributed by atoms with Crippen LogP contribution in [0.25, 0.3) is 0 Å². The molecule has 6 nitrogen and oxygen atoms in total. The average Bonchev–Trinajstić information content (AvgIpc) is 2.54. The maximum Gasteiger partial charge on any atom is 0.303 e. The van der Waals surface area contributed by atoms with Crippen LogP contribution in [0.5, 0.6) is 5.75 Å². The van der Waals surface area contributed by atoms with Crippen LogP contribution in [0, 0.1) is 0 Å². The molecule has 1 fully saturated rings. The Labute approximate surface area is 130 Å². The zero-order valence-electron chi connectivity index (χ0n) is 12.8. The van der Waals surface area contributed by atoms with Crippen LogP contribution in [0.1, 0.15) is 19.3 Å². The van der Waals surface area contributed by atoms with Gasteiger partial charge in [0.25, 0.3) is 0 Å². The number of amides is 1. The van der Waals surface area contributed by atoms with E-state index in [1.807, 2.05) is 29.2 Å². The van der Waals surface area contributed by atoms with E-state index < -0.39 is 5.97 Å². The van der Waals surface area contributed by atoms with Crippen molar-refractivity contribution in [1.82, 2.24) is 4.90 Å². The molecule has 1 aliphatic heterocycles. The van der Waals surface area contributed by atoms with Crippen molar-refractivity contribution in [2.45, 2.75) is 19.3 Å². The van der Waals surface area contributed by atoms with Crippen LogP contribution < -0.4 is 9.64 Å². The van der Waals surface area contributed by atoms with Gasteiger partial charge in [0.05, 0.1) is 7.11 Å². The summed E-state index contributed by atoms with van der Waals surface area (Å²) < 4.78 is 5.23. The molecule has 1 heterocycles. The highest BCUT2D eigenvalue weighted by Gasteiger charge is 2.21. The van der Waals surface area contributed by atoms with E-state index in [0.717, 1.165) is 24.5 Å². The third kappa shape index (κ3) is 4.38. The first-order chi connectivity index (χ1) is 10.6. The molecule has 0 bridgehead atoms. The number of nitrogens with zero attached hydrogens (tertiary/aromatic N) is 2. The van der Waals surface area contributed by atoms with Crippen LogP contribution in [0.2, 0.25) is 0 Å². The fourth-order valence-electron chi connectivity index (χ4n) is 2.57. The molecule has 2 rings (SSSR count). The molecular weight excluding hydrogens is 284 g/mol. The number of benzene rings is 1. The first-order valence-electron chi connectivity index (χ1n) is 7.48. The van der Waals surface area contributed by atoms with Crippen molar-refractivity contribution in [1.29, 1.82) is 0 Å². The molecule has 0 unspecified atom stereocenters. The second kappa shape index (κ2) is 7.68. The normalized spacial score (nSPS) is 14.8. The van der Waals surface area contributed by atoms with Gasteiger partial charge in [-0.3, -0.25) is 9.59 Å². The fraction of sp³-hybridized carbons (Fsp3) is 0.500. The van der Waals surface area contributed by atoms with Crippen LogP contribution in [0.4, 0.5) is 5.69 Å². The van der Waals surface area contributed by atoms with Gasteiger partial charge in [0.1, 0.15) is 5.75 Å². The number of carbonyl (C=O) groups excluding carboxylic acids is 1. The average molecular weight is 306 g/mol. The number of hydrogen-bond acceptors (Lipinski definition) is 4. The third-order valence-electron chi connectivity index (χ3n) is 3.83. The third-order valence-corrected chi connectivity index (χ3v) is 3.83. The minimum Gasteiger partial charge on any atom is -0.497 e. The first-order valence-corrected chi connectivity index (χ1v) is 7.48. The van der Waals surface area contributed by atoms with Crippen molar-refractivity contribution >= 4 is 17.6 Å². The van der Waals surface area contributed by atoms with Gasteiger partial charge >= 0.3 is 5.97 Å².